The second-order valence-electron chi connectivity index (χ2n) is 9.98. The van der Waals surface area contributed by atoms with Crippen molar-refractivity contribution < 1.29 is 26.7 Å². The molecule has 0 aliphatic rings. The van der Waals surface area contributed by atoms with Gasteiger partial charge in [-0.1, -0.05) is 19.9 Å². The van der Waals surface area contributed by atoms with Crippen LogP contribution in [-0.4, -0.2) is 47.8 Å². The third kappa shape index (κ3) is 5.50. The summed E-state index contributed by atoms with van der Waals surface area (Å²) in [5.41, 5.74) is -1.12. The van der Waals surface area contributed by atoms with Crippen molar-refractivity contribution in [3.63, 3.8) is 0 Å². The van der Waals surface area contributed by atoms with Crippen molar-refractivity contribution in [2.45, 2.75) is 57.8 Å². The molecular weight excluding hydrogens is 535 g/mol. The molecule has 0 aliphatic heterocycles. The van der Waals surface area contributed by atoms with Crippen molar-refractivity contribution in [2.75, 3.05) is 6.61 Å². The molecule has 3 unspecified atom stereocenters. The van der Waals surface area contributed by atoms with Gasteiger partial charge in [-0.2, -0.15) is 19.0 Å². The van der Waals surface area contributed by atoms with Crippen LogP contribution < -0.4 is 10.4 Å². The van der Waals surface area contributed by atoms with E-state index in [1.165, 1.54) is 69.3 Å². The van der Waals surface area contributed by atoms with Crippen LogP contribution in [0.4, 0.5) is 22.0 Å². The monoisotopic (exact) mass is 564 g/mol. The molecule has 0 spiro atoms. The van der Waals surface area contributed by atoms with Gasteiger partial charge in [-0.25, -0.2) is 32.2 Å². The number of alkyl halides is 3. The van der Waals surface area contributed by atoms with E-state index in [0.717, 1.165) is 13.0 Å². The van der Waals surface area contributed by atoms with E-state index < -0.39 is 47.5 Å². The lowest BCUT2D eigenvalue weighted by Gasteiger charge is -2.42. The molecule has 2 heterocycles. The van der Waals surface area contributed by atoms with Gasteiger partial charge < -0.3 is 4.74 Å². The van der Waals surface area contributed by atoms with Crippen LogP contribution in [0.2, 0.25) is 0 Å². The maximum absolute atomic E-state index is 15.3. The molecule has 0 saturated heterocycles. The van der Waals surface area contributed by atoms with Gasteiger partial charge in [-0.3, -0.25) is 4.68 Å². The summed E-state index contributed by atoms with van der Waals surface area (Å²) in [4.78, 5) is 17.5. The molecule has 8 nitrogen and oxygen atoms in total. The van der Waals surface area contributed by atoms with E-state index in [4.69, 9.17) is 4.74 Å². The first-order valence-corrected chi connectivity index (χ1v) is 12.6. The Morgan fingerprint density at radius 3 is 2.25 bits per heavy atom. The number of aromatic nitrogens is 6. The van der Waals surface area contributed by atoms with Gasteiger partial charge in [0.25, 0.3) is 0 Å². The first-order valence-electron chi connectivity index (χ1n) is 12.6. The Morgan fingerprint density at radius 2 is 1.68 bits per heavy atom. The first-order chi connectivity index (χ1) is 18.9. The molecule has 4 rings (SSSR count). The molecule has 0 aliphatic carbocycles. The summed E-state index contributed by atoms with van der Waals surface area (Å²) < 4.78 is 78.3. The summed E-state index contributed by atoms with van der Waals surface area (Å²) >= 11 is 0. The van der Waals surface area contributed by atoms with Crippen LogP contribution in [0, 0.1) is 17.6 Å². The van der Waals surface area contributed by atoms with E-state index in [0.29, 0.717) is 5.69 Å². The largest absolute Gasteiger partial charge is 0.487 e. The van der Waals surface area contributed by atoms with Crippen LogP contribution in [0.25, 0.3) is 5.69 Å². The highest BCUT2D eigenvalue weighted by Gasteiger charge is 2.46. The van der Waals surface area contributed by atoms with Crippen molar-refractivity contribution in [3.05, 3.63) is 89.1 Å². The fourth-order valence-electron chi connectivity index (χ4n) is 4.84. The Morgan fingerprint density at radius 1 is 0.975 bits per heavy atom. The fourth-order valence-corrected chi connectivity index (χ4v) is 4.84. The Hall–Kier alpha value is -4.03. The van der Waals surface area contributed by atoms with Gasteiger partial charge in [0.1, 0.15) is 36.4 Å². The topological polar surface area (TPSA) is 79.8 Å². The molecule has 0 fully saturated rings. The number of ether oxygens (including phenoxy) is 1. The molecule has 0 N–H and O–H groups in total. The lowest BCUT2D eigenvalue weighted by atomic mass is 9.66. The highest BCUT2D eigenvalue weighted by Crippen LogP contribution is 2.44. The van der Waals surface area contributed by atoms with Crippen molar-refractivity contribution in [1.29, 1.82) is 0 Å². The van der Waals surface area contributed by atoms with Crippen molar-refractivity contribution in [1.82, 2.24) is 29.1 Å². The van der Waals surface area contributed by atoms with Gasteiger partial charge in [-0.15, -0.1) is 0 Å². The molecule has 4 aromatic rings. The number of rotatable bonds is 11. The molecule has 2 aromatic heterocycles. The SMILES string of the molecule is CC(F)C(F)(F)COc1ccc(-n2cnn(C(C)C(Cn3cncn3)(c3ccc(F)cc3F)C(C)C)c2=O)cc1. The van der Waals surface area contributed by atoms with Crippen LogP contribution in [-0.2, 0) is 12.0 Å². The summed E-state index contributed by atoms with van der Waals surface area (Å²) in [7, 11) is 0. The number of halogens is 5. The lowest BCUT2D eigenvalue weighted by molar-refractivity contribution is -0.0941. The highest BCUT2D eigenvalue weighted by molar-refractivity contribution is 5.37. The van der Waals surface area contributed by atoms with Gasteiger partial charge in [-0.05, 0) is 55.7 Å². The van der Waals surface area contributed by atoms with E-state index in [-0.39, 0.29) is 23.8 Å². The predicted octanol–water partition coefficient (Wildman–Crippen LogP) is 5.13. The van der Waals surface area contributed by atoms with Crippen molar-refractivity contribution >= 4 is 0 Å². The predicted molar refractivity (Wildman–Crippen MR) is 136 cm³/mol. The number of hydrogen-bond acceptors (Lipinski definition) is 5. The van der Waals surface area contributed by atoms with Crippen LogP contribution in [0.3, 0.4) is 0 Å². The quantitative estimate of drug-likeness (QED) is 0.236. The Kier molecular flexibility index (Phi) is 8.13. The van der Waals surface area contributed by atoms with Crippen molar-refractivity contribution in [3.8, 4) is 11.4 Å². The summed E-state index contributed by atoms with van der Waals surface area (Å²) in [6.07, 6.45) is 1.73. The van der Waals surface area contributed by atoms with Crippen LogP contribution in [0.15, 0.2) is 66.2 Å². The normalized spacial score (nSPS) is 15.2. The van der Waals surface area contributed by atoms with Crippen LogP contribution in [0.5, 0.6) is 5.75 Å². The molecule has 0 bridgehead atoms. The van der Waals surface area contributed by atoms with E-state index in [1.54, 1.807) is 6.92 Å². The van der Waals surface area contributed by atoms with E-state index in [2.05, 4.69) is 15.2 Å². The average molecular weight is 565 g/mol. The molecule has 0 radical (unpaired) electrons. The smallest absolute Gasteiger partial charge is 0.350 e. The number of hydrogen-bond donors (Lipinski definition) is 0. The van der Waals surface area contributed by atoms with E-state index >= 15 is 4.39 Å². The van der Waals surface area contributed by atoms with Gasteiger partial charge in [0, 0.05) is 11.5 Å². The standard InChI is InChI=1S/C27H29F5N6O2/c1-17(2)26(12-36-15-33-14-34-36,23-10-5-20(29)11-24(23)30)19(4)38-25(39)37(16-35-38)21-6-8-22(9-7-21)40-13-27(31,32)18(3)28/h5-11,14-19H,12-13H2,1-4H3. The van der Waals surface area contributed by atoms with Gasteiger partial charge in [0.2, 0.25) is 0 Å². The molecule has 13 heteroatoms. The molecular formula is C27H29F5N6O2. The summed E-state index contributed by atoms with van der Waals surface area (Å²) in [6, 6.07) is 8.26. The van der Waals surface area contributed by atoms with Crippen molar-refractivity contribution in [2.24, 2.45) is 5.92 Å². The maximum Gasteiger partial charge on any atom is 0.350 e. The summed E-state index contributed by atoms with van der Waals surface area (Å²) in [5.74, 6) is -5.37. The zero-order chi connectivity index (χ0) is 29.2. The Bertz CT molecular complexity index is 1480. The van der Waals surface area contributed by atoms with Gasteiger partial charge in [0.05, 0.1) is 18.3 Å². The third-order valence-electron chi connectivity index (χ3n) is 7.29. The minimum atomic E-state index is -3.65. The number of benzene rings is 2. The molecule has 0 amide bonds. The van der Waals surface area contributed by atoms with E-state index in [1.807, 2.05) is 13.8 Å². The highest BCUT2D eigenvalue weighted by atomic mass is 19.3. The first kappa shape index (κ1) is 29.0. The van der Waals surface area contributed by atoms with Crippen LogP contribution >= 0.6 is 0 Å². The second kappa shape index (κ2) is 11.2. The maximum atomic E-state index is 15.3. The third-order valence-corrected chi connectivity index (χ3v) is 7.29. The Balaban J connectivity index is 1.71. The van der Waals surface area contributed by atoms with Gasteiger partial charge >= 0.3 is 11.6 Å². The van der Waals surface area contributed by atoms with Crippen LogP contribution in [0.1, 0.15) is 39.3 Å². The van der Waals surface area contributed by atoms with E-state index in [9.17, 15) is 22.4 Å². The molecule has 2 aromatic carbocycles. The molecule has 0 saturated carbocycles. The zero-order valence-corrected chi connectivity index (χ0v) is 22.3. The molecule has 40 heavy (non-hydrogen) atoms. The fraction of sp³-hybridized carbons (Fsp3) is 0.407. The van der Waals surface area contributed by atoms with Gasteiger partial charge in [0.15, 0.2) is 12.8 Å². The second-order valence-corrected chi connectivity index (χ2v) is 9.98. The molecule has 3 atom stereocenters. The number of nitrogens with zero attached hydrogens (tertiary/aromatic N) is 6. The zero-order valence-electron chi connectivity index (χ0n) is 22.3. The average Bonchev–Trinajstić information content (AvgIpc) is 3.55. The minimum absolute atomic E-state index is 0.0660. The molecule has 214 valence electrons. The lowest BCUT2D eigenvalue weighted by Crippen LogP contribution is -2.47. The minimum Gasteiger partial charge on any atom is -0.487 e. The summed E-state index contributed by atoms with van der Waals surface area (Å²) in [6.45, 7) is 5.18. The summed E-state index contributed by atoms with van der Waals surface area (Å²) in [5, 5.41) is 8.48. The Labute approximate surface area is 227 Å².